The molecule has 0 bridgehead atoms. The topological polar surface area (TPSA) is 53.1 Å². The zero-order valence-corrected chi connectivity index (χ0v) is 14.5. The van der Waals surface area contributed by atoms with Gasteiger partial charge < -0.3 is 5.32 Å². The summed E-state index contributed by atoms with van der Waals surface area (Å²) in [5.41, 5.74) is 5.87. The Labute approximate surface area is 147 Å². The van der Waals surface area contributed by atoms with E-state index in [2.05, 4.69) is 34.0 Å². The lowest BCUT2D eigenvalue weighted by Crippen LogP contribution is -2.09. The number of fused-ring (bicyclic) bond motifs is 3. The fraction of sp³-hybridized carbons (Fsp3) is 0.333. The van der Waals surface area contributed by atoms with E-state index in [0.717, 1.165) is 41.0 Å². The number of para-hydroxylation sites is 2. The minimum absolute atomic E-state index is 0.650. The van der Waals surface area contributed by atoms with Crippen LogP contribution in [0.5, 0.6) is 0 Å². The highest BCUT2D eigenvalue weighted by Crippen LogP contribution is 2.27. The molecule has 0 radical (unpaired) electrons. The standard InChI is InChI=1S/C21H22N4/c1-15-13-20(23-12-11-16-7-3-2-4-8-16)25-19-10-6-5-9-18(19)24-21(25)17(15)14-22/h5-7,9-10,13,23H,2-4,8,11-12H2,1H3. The van der Waals surface area contributed by atoms with Gasteiger partial charge in [0.15, 0.2) is 5.65 Å². The van der Waals surface area contributed by atoms with Crippen molar-refractivity contribution in [3.05, 3.63) is 53.1 Å². The van der Waals surface area contributed by atoms with Crippen LogP contribution in [-0.4, -0.2) is 15.9 Å². The van der Waals surface area contributed by atoms with Crippen LogP contribution in [0.4, 0.5) is 5.82 Å². The Morgan fingerprint density at radius 1 is 1.28 bits per heavy atom. The third-order valence-electron chi connectivity index (χ3n) is 5.02. The Morgan fingerprint density at radius 2 is 2.16 bits per heavy atom. The van der Waals surface area contributed by atoms with E-state index in [0.29, 0.717) is 5.56 Å². The summed E-state index contributed by atoms with van der Waals surface area (Å²) in [4.78, 5) is 4.69. The van der Waals surface area contributed by atoms with Crippen LogP contribution in [0.3, 0.4) is 0 Å². The first-order valence-electron chi connectivity index (χ1n) is 9.00. The number of imidazole rings is 1. The maximum atomic E-state index is 9.55. The van der Waals surface area contributed by atoms with Crippen molar-refractivity contribution in [2.75, 3.05) is 11.9 Å². The number of anilines is 1. The number of hydrogen-bond acceptors (Lipinski definition) is 3. The van der Waals surface area contributed by atoms with Gasteiger partial charge in [-0.15, -0.1) is 0 Å². The molecular weight excluding hydrogens is 308 g/mol. The van der Waals surface area contributed by atoms with Crippen LogP contribution in [0, 0.1) is 18.3 Å². The van der Waals surface area contributed by atoms with E-state index in [1.807, 2.05) is 25.1 Å². The van der Waals surface area contributed by atoms with E-state index in [9.17, 15) is 5.26 Å². The monoisotopic (exact) mass is 330 g/mol. The molecule has 1 N–H and O–H groups in total. The molecule has 4 rings (SSSR count). The number of aromatic nitrogens is 2. The number of rotatable bonds is 4. The minimum Gasteiger partial charge on any atom is -0.371 e. The Morgan fingerprint density at radius 3 is 2.96 bits per heavy atom. The molecule has 0 saturated heterocycles. The Balaban J connectivity index is 1.72. The molecule has 2 heterocycles. The summed E-state index contributed by atoms with van der Waals surface area (Å²) >= 11 is 0. The first-order valence-corrected chi connectivity index (χ1v) is 9.00. The molecule has 0 atom stereocenters. The summed E-state index contributed by atoms with van der Waals surface area (Å²) in [6, 6.07) is 12.4. The molecule has 25 heavy (non-hydrogen) atoms. The lowest BCUT2D eigenvalue weighted by Gasteiger charge is -2.15. The highest BCUT2D eigenvalue weighted by Gasteiger charge is 2.14. The number of nitrogens with zero attached hydrogens (tertiary/aromatic N) is 3. The molecule has 0 aliphatic heterocycles. The van der Waals surface area contributed by atoms with Crippen molar-refractivity contribution in [1.82, 2.24) is 9.38 Å². The molecule has 0 fully saturated rings. The van der Waals surface area contributed by atoms with Crippen molar-refractivity contribution < 1.29 is 0 Å². The van der Waals surface area contributed by atoms with Gasteiger partial charge in [0.1, 0.15) is 11.9 Å². The molecular formula is C21H22N4. The largest absolute Gasteiger partial charge is 0.371 e. The molecule has 2 aromatic heterocycles. The summed E-state index contributed by atoms with van der Waals surface area (Å²) in [6.07, 6.45) is 8.58. The second-order valence-electron chi connectivity index (χ2n) is 6.74. The number of pyridine rings is 1. The van der Waals surface area contributed by atoms with Crippen LogP contribution >= 0.6 is 0 Å². The predicted molar refractivity (Wildman–Crippen MR) is 102 cm³/mol. The zero-order valence-electron chi connectivity index (χ0n) is 14.5. The number of nitriles is 1. The summed E-state index contributed by atoms with van der Waals surface area (Å²) in [6.45, 7) is 2.88. The van der Waals surface area contributed by atoms with Crippen molar-refractivity contribution in [1.29, 1.82) is 5.26 Å². The number of aryl methyl sites for hydroxylation is 1. The molecule has 1 aliphatic rings. The van der Waals surface area contributed by atoms with Gasteiger partial charge in [0, 0.05) is 6.54 Å². The lowest BCUT2D eigenvalue weighted by atomic mass is 9.97. The Kier molecular flexibility index (Phi) is 4.15. The minimum atomic E-state index is 0.650. The third-order valence-corrected chi connectivity index (χ3v) is 5.02. The van der Waals surface area contributed by atoms with Crippen molar-refractivity contribution in [2.24, 2.45) is 0 Å². The van der Waals surface area contributed by atoms with Gasteiger partial charge in [-0.2, -0.15) is 5.26 Å². The molecule has 1 aliphatic carbocycles. The molecule has 0 unspecified atom stereocenters. The van der Waals surface area contributed by atoms with Crippen LogP contribution in [0.25, 0.3) is 16.7 Å². The van der Waals surface area contributed by atoms with Gasteiger partial charge in [0.05, 0.1) is 16.6 Å². The second kappa shape index (κ2) is 6.60. The Hall–Kier alpha value is -2.80. The van der Waals surface area contributed by atoms with E-state index in [1.165, 1.54) is 25.7 Å². The van der Waals surface area contributed by atoms with Crippen molar-refractivity contribution >= 4 is 22.5 Å². The second-order valence-corrected chi connectivity index (χ2v) is 6.74. The van der Waals surface area contributed by atoms with E-state index >= 15 is 0 Å². The molecule has 4 heteroatoms. The highest BCUT2D eigenvalue weighted by atomic mass is 15.1. The molecule has 0 amide bonds. The smallest absolute Gasteiger partial charge is 0.157 e. The lowest BCUT2D eigenvalue weighted by molar-refractivity contribution is 0.679. The van der Waals surface area contributed by atoms with Gasteiger partial charge in [-0.25, -0.2) is 4.98 Å². The van der Waals surface area contributed by atoms with Crippen LogP contribution in [-0.2, 0) is 0 Å². The zero-order chi connectivity index (χ0) is 17.2. The van der Waals surface area contributed by atoms with Crippen molar-refractivity contribution in [3.8, 4) is 6.07 Å². The van der Waals surface area contributed by atoms with Gasteiger partial charge in [-0.3, -0.25) is 4.40 Å². The first kappa shape index (κ1) is 15.7. The summed E-state index contributed by atoms with van der Waals surface area (Å²) in [5, 5.41) is 13.1. The SMILES string of the molecule is Cc1cc(NCCC2=CCCCC2)n2c(nc3ccccc32)c1C#N. The maximum Gasteiger partial charge on any atom is 0.157 e. The number of nitrogens with one attached hydrogen (secondary N) is 1. The number of allylic oxidation sites excluding steroid dienone is 1. The van der Waals surface area contributed by atoms with Crippen molar-refractivity contribution in [2.45, 2.75) is 39.0 Å². The summed E-state index contributed by atoms with van der Waals surface area (Å²) in [7, 11) is 0. The van der Waals surface area contributed by atoms with E-state index < -0.39 is 0 Å². The highest BCUT2D eigenvalue weighted by molar-refractivity contribution is 5.85. The maximum absolute atomic E-state index is 9.55. The molecule has 4 nitrogen and oxygen atoms in total. The Bertz CT molecular complexity index is 1000. The van der Waals surface area contributed by atoms with Crippen LogP contribution in [0.1, 0.15) is 43.2 Å². The fourth-order valence-electron chi connectivity index (χ4n) is 3.71. The fourth-order valence-corrected chi connectivity index (χ4v) is 3.71. The molecule has 126 valence electrons. The van der Waals surface area contributed by atoms with Crippen molar-refractivity contribution in [3.63, 3.8) is 0 Å². The summed E-state index contributed by atoms with van der Waals surface area (Å²) < 4.78 is 2.08. The summed E-state index contributed by atoms with van der Waals surface area (Å²) in [5.74, 6) is 1.01. The molecule has 0 saturated carbocycles. The average molecular weight is 330 g/mol. The normalized spacial score (nSPS) is 14.5. The van der Waals surface area contributed by atoms with E-state index in [-0.39, 0.29) is 0 Å². The average Bonchev–Trinajstić information content (AvgIpc) is 3.02. The quantitative estimate of drug-likeness (QED) is 0.687. The van der Waals surface area contributed by atoms with Gasteiger partial charge in [-0.05, 0) is 62.8 Å². The van der Waals surface area contributed by atoms with E-state index in [1.54, 1.807) is 5.57 Å². The van der Waals surface area contributed by atoms with Gasteiger partial charge in [0.25, 0.3) is 0 Å². The predicted octanol–water partition coefficient (Wildman–Crippen LogP) is 4.97. The van der Waals surface area contributed by atoms with E-state index in [4.69, 9.17) is 4.98 Å². The van der Waals surface area contributed by atoms with Crippen LogP contribution < -0.4 is 5.32 Å². The van der Waals surface area contributed by atoms with Crippen LogP contribution in [0.2, 0.25) is 0 Å². The number of hydrogen-bond donors (Lipinski definition) is 1. The molecule has 0 spiro atoms. The van der Waals surface area contributed by atoms with Gasteiger partial charge >= 0.3 is 0 Å². The molecule has 3 aromatic rings. The third kappa shape index (κ3) is 2.87. The van der Waals surface area contributed by atoms with Gasteiger partial charge in [0.2, 0.25) is 0 Å². The molecule has 1 aromatic carbocycles. The number of benzene rings is 1. The van der Waals surface area contributed by atoms with Gasteiger partial charge in [-0.1, -0.05) is 23.8 Å². The first-order chi connectivity index (χ1) is 12.3. The van der Waals surface area contributed by atoms with Crippen LogP contribution in [0.15, 0.2) is 42.0 Å².